The summed E-state index contributed by atoms with van der Waals surface area (Å²) in [6.07, 6.45) is 1.84. The van der Waals surface area contributed by atoms with E-state index in [-0.39, 0.29) is 12.4 Å². The molecule has 1 saturated heterocycles. The molecule has 1 unspecified atom stereocenters. The number of fused-ring (bicyclic) bond motifs is 1. The second kappa shape index (κ2) is 4.70. The van der Waals surface area contributed by atoms with E-state index >= 15 is 4.39 Å². The van der Waals surface area contributed by atoms with Crippen molar-refractivity contribution in [1.29, 1.82) is 0 Å². The van der Waals surface area contributed by atoms with Gasteiger partial charge in [0.25, 0.3) is 5.89 Å². The Kier molecular flexibility index (Phi) is 2.90. The minimum absolute atomic E-state index is 0.0557. The molecule has 0 saturated carbocycles. The van der Waals surface area contributed by atoms with Crippen molar-refractivity contribution in [1.82, 2.24) is 20.1 Å². The Morgan fingerprint density at radius 2 is 2.23 bits per heavy atom. The maximum absolute atomic E-state index is 15.1. The van der Waals surface area contributed by atoms with Crippen LogP contribution in [0.3, 0.4) is 0 Å². The zero-order valence-electron chi connectivity index (χ0n) is 12.2. The highest BCUT2D eigenvalue weighted by molar-refractivity contribution is 7.18. The molecule has 8 heteroatoms. The number of aryl methyl sites for hydroxylation is 2. The first-order chi connectivity index (χ1) is 10.6. The number of hydrogen-bond donors (Lipinski definition) is 0. The molecule has 0 aliphatic carbocycles. The summed E-state index contributed by atoms with van der Waals surface area (Å²) in [5.41, 5.74) is 0.423. The first kappa shape index (κ1) is 13.6. The van der Waals surface area contributed by atoms with E-state index in [1.54, 1.807) is 18.3 Å². The van der Waals surface area contributed by atoms with Crippen LogP contribution in [0.25, 0.3) is 10.2 Å². The molecule has 22 heavy (non-hydrogen) atoms. The van der Waals surface area contributed by atoms with Crippen molar-refractivity contribution in [2.75, 3.05) is 18.0 Å². The number of alkyl halides is 1. The Morgan fingerprint density at radius 3 is 3.00 bits per heavy atom. The SMILES string of the molecule is Cc1noc(C2(F)CCN(c3ncnc4c(C)csc34)C2)n1. The fourth-order valence-electron chi connectivity index (χ4n) is 2.79. The van der Waals surface area contributed by atoms with Gasteiger partial charge in [0.1, 0.15) is 12.1 Å². The topological polar surface area (TPSA) is 67.9 Å². The third-order valence-electron chi connectivity index (χ3n) is 3.94. The predicted molar refractivity (Wildman–Crippen MR) is 80.8 cm³/mol. The number of thiophene rings is 1. The molecule has 0 aromatic carbocycles. The molecule has 4 rings (SSSR count). The van der Waals surface area contributed by atoms with Crippen LogP contribution in [0.2, 0.25) is 0 Å². The van der Waals surface area contributed by atoms with E-state index in [4.69, 9.17) is 4.52 Å². The molecule has 0 amide bonds. The van der Waals surface area contributed by atoms with Gasteiger partial charge in [-0.2, -0.15) is 4.98 Å². The summed E-state index contributed by atoms with van der Waals surface area (Å²) in [5, 5.41) is 5.73. The van der Waals surface area contributed by atoms with Gasteiger partial charge < -0.3 is 9.42 Å². The van der Waals surface area contributed by atoms with Gasteiger partial charge in [-0.05, 0) is 24.8 Å². The fraction of sp³-hybridized carbons (Fsp3) is 0.429. The maximum atomic E-state index is 15.1. The average Bonchev–Trinajstić information content (AvgIpc) is 3.20. The molecule has 0 N–H and O–H groups in total. The van der Waals surface area contributed by atoms with Gasteiger partial charge in [0.15, 0.2) is 5.82 Å². The van der Waals surface area contributed by atoms with Crippen LogP contribution < -0.4 is 4.90 Å². The molecule has 0 bridgehead atoms. The van der Waals surface area contributed by atoms with Crippen LogP contribution >= 0.6 is 11.3 Å². The largest absolute Gasteiger partial charge is 0.351 e. The van der Waals surface area contributed by atoms with Crippen molar-refractivity contribution in [3.05, 3.63) is 29.0 Å². The number of rotatable bonds is 2. The van der Waals surface area contributed by atoms with Gasteiger partial charge in [0.2, 0.25) is 5.67 Å². The lowest BCUT2D eigenvalue weighted by molar-refractivity contribution is 0.136. The van der Waals surface area contributed by atoms with Crippen molar-refractivity contribution in [2.24, 2.45) is 0 Å². The summed E-state index contributed by atoms with van der Waals surface area (Å²) in [4.78, 5) is 14.6. The molecule has 0 spiro atoms. The standard InChI is InChI=1S/C14H14FN5OS/c1-8-5-22-11-10(8)16-7-17-12(11)20-4-3-14(15,6-20)13-18-9(2)19-21-13/h5,7H,3-4,6H2,1-2H3. The van der Waals surface area contributed by atoms with Crippen molar-refractivity contribution in [3.8, 4) is 0 Å². The van der Waals surface area contributed by atoms with E-state index in [2.05, 4.69) is 20.1 Å². The molecule has 3 aromatic heterocycles. The maximum Gasteiger partial charge on any atom is 0.266 e. The van der Waals surface area contributed by atoms with E-state index in [1.165, 1.54) is 6.33 Å². The third kappa shape index (κ3) is 1.98. The van der Waals surface area contributed by atoms with E-state index in [1.807, 2.05) is 17.2 Å². The summed E-state index contributed by atoms with van der Waals surface area (Å²) < 4.78 is 21.1. The molecule has 4 heterocycles. The van der Waals surface area contributed by atoms with Crippen molar-refractivity contribution in [2.45, 2.75) is 25.9 Å². The highest BCUT2D eigenvalue weighted by atomic mass is 32.1. The average molecular weight is 319 g/mol. The minimum Gasteiger partial charge on any atom is -0.351 e. The Morgan fingerprint density at radius 1 is 1.36 bits per heavy atom. The van der Waals surface area contributed by atoms with Gasteiger partial charge in [0, 0.05) is 13.0 Å². The molecule has 1 fully saturated rings. The Bertz CT molecular complexity index is 847. The summed E-state index contributed by atoms with van der Waals surface area (Å²) in [7, 11) is 0. The van der Waals surface area contributed by atoms with E-state index < -0.39 is 5.67 Å². The minimum atomic E-state index is -1.62. The van der Waals surface area contributed by atoms with Crippen LogP contribution in [-0.2, 0) is 5.67 Å². The molecule has 3 aromatic rings. The number of nitrogens with zero attached hydrogens (tertiary/aromatic N) is 5. The van der Waals surface area contributed by atoms with Crippen LogP contribution in [-0.4, -0.2) is 33.2 Å². The van der Waals surface area contributed by atoms with E-state index in [0.717, 1.165) is 21.6 Å². The number of halogens is 1. The van der Waals surface area contributed by atoms with Crippen molar-refractivity contribution in [3.63, 3.8) is 0 Å². The number of anilines is 1. The highest BCUT2D eigenvalue weighted by Gasteiger charge is 2.45. The molecule has 1 atom stereocenters. The van der Waals surface area contributed by atoms with Gasteiger partial charge >= 0.3 is 0 Å². The monoisotopic (exact) mass is 319 g/mol. The van der Waals surface area contributed by atoms with Crippen molar-refractivity contribution < 1.29 is 8.91 Å². The molecule has 6 nitrogen and oxygen atoms in total. The molecular formula is C14H14FN5OS. The quantitative estimate of drug-likeness (QED) is 0.723. The van der Waals surface area contributed by atoms with Crippen LogP contribution in [0.15, 0.2) is 16.2 Å². The third-order valence-corrected chi connectivity index (χ3v) is 5.02. The van der Waals surface area contributed by atoms with Gasteiger partial charge in [-0.3, -0.25) is 0 Å². The molecule has 1 aliphatic rings. The second-order valence-corrected chi connectivity index (χ2v) is 6.46. The van der Waals surface area contributed by atoms with Crippen LogP contribution in [0.1, 0.15) is 23.7 Å². The summed E-state index contributed by atoms with van der Waals surface area (Å²) in [6, 6.07) is 0. The summed E-state index contributed by atoms with van der Waals surface area (Å²) in [5.74, 6) is 1.28. The Labute approximate surface area is 130 Å². The van der Waals surface area contributed by atoms with Gasteiger partial charge in [-0.15, -0.1) is 11.3 Å². The molecule has 0 radical (unpaired) electrons. The van der Waals surface area contributed by atoms with Crippen molar-refractivity contribution >= 4 is 27.4 Å². The first-order valence-corrected chi connectivity index (χ1v) is 7.88. The van der Waals surface area contributed by atoms with Gasteiger partial charge in [-0.1, -0.05) is 5.16 Å². The lowest BCUT2D eigenvalue weighted by atomic mass is 10.1. The number of hydrogen-bond acceptors (Lipinski definition) is 7. The number of aromatic nitrogens is 4. The van der Waals surface area contributed by atoms with E-state index in [9.17, 15) is 0 Å². The lowest BCUT2D eigenvalue weighted by Crippen LogP contribution is -2.28. The van der Waals surface area contributed by atoms with Crippen LogP contribution in [0, 0.1) is 13.8 Å². The molecular weight excluding hydrogens is 305 g/mol. The van der Waals surface area contributed by atoms with E-state index in [0.29, 0.717) is 18.8 Å². The normalized spacial score (nSPS) is 21.9. The van der Waals surface area contributed by atoms with Crippen LogP contribution in [0.4, 0.5) is 10.2 Å². The zero-order chi connectivity index (χ0) is 15.3. The molecule has 114 valence electrons. The summed E-state index contributed by atoms with van der Waals surface area (Å²) >= 11 is 1.59. The van der Waals surface area contributed by atoms with Gasteiger partial charge in [-0.25, -0.2) is 14.4 Å². The smallest absolute Gasteiger partial charge is 0.266 e. The Balaban J connectivity index is 1.70. The Hall–Kier alpha value is -2.09. The van der Waals surface area contributed by atoms with Gasteiger partial charge in [0.05, 0.1) is 16.8 Å². The highest BCUT2D eigenvalue weighted by Crippen LogP contribution is 2.39. The zero-order valence-corrected chi connectivity index (χ0v) is 13.0. The van der Waals surface area contributed by atoms with Crippen LogP contribution in [0.5, 0.6) is 0 Å². The lowest BCUT2D eigenvalue weighted by Gasteiger charge is -2.19. The first-order valence-electron chi connectivity index (χ1n) is 7.00. The summed E-state index contributed by atoms with van der Waals surface area (Å²) in [6.45, 7) is 4.42. The molecule has 1 aliphatic heterocycles. The fourth-order valence-corrected chi connectivity index (χ4v) is 3.81. The second-order valence-electron chi connectivity index (χ2n) is 5.58. The predicted octanol–water partition coefficient (Wildman–Crippen LogP) is 2.77.